The molecule has 21 heavy (non-hydrogen) atoms. The van der Waals surface area contributed by atoms with Crippen LogP contribution in [0.2, 0.25) is 0 Å². The summed E-state index contributed by atoms with van der Waals surface area (Å²) < 4.78 is 5.70. The lowest BCUT2D eigenvalue weighted by Gasteiger charge is -2.01. The minimum absolute atomic E-state index is 0.221. The number of para-hydroxylation sites is 1. The summed E-state index contributed by atoms with van der Waals surface area (Å²) in [6.45, 7) is 3.56. The van der Waals surface area contributed by atoms with Gasteiger partial charge < -0.3 is 4.42 Å². The maximum absolute atomic E-state index is 11.3. The maximum atomic E-state index is 11.3. The molecule has 3 rings (SSSR count). The fourth-order valence-electron chi connectivity index (χ4n) is 1.98. The van der Waals surface area contributed by atoms with E-state index in [0.29, 0.717) is 23.1 Å². The second kappa shape index (κ2) is 5.24. The molecule has 0 radical (unpaired) electrons. The molecule has 0 atom stereocenters. The van der Waals surface area contributed by atoms with E-state index in [2.05, 4.69) is 20.5 Å². The third-order valence-corrected chi connectivity index (χ3v) is 2.98. The fraction of sp³-hybridized carbons (Fsp3) is 0.133. The van der Waals surface area contributed by atoms with Crippen molar-refractivity contribution in [1.29, 1.82) is 0 Å². The summed E-state index contributed by atoms with van der Waals surface area (Å²) in [5, 5.41) is 5.20. The Hall–Kier alpha value is -2.89. The van der Waals surface area contributed by atoms with Crippen LogP contribution in [0.15, 0.2) is 50.7 Å². The number of aromatic nitrogens is 2. The number of benzene rings is 1. The van der Waals surface area contributed by atoms with Gasteiger partial charge >= 0.3 is 0 Å². The number of aryl methyl sites for hydroxylation is 1. The van der Waals surface area contributed by atoms with Crippen molar-refractivity contribution in [2.75, 3.05) is 5.43 Å². The number of aromatic amines is 1. The summed E-state index contributed by atoms with van der Waals surface area (Å²) in [6.07, 6.45) is 0. The van der Waals surface area contributed by atoms with E-state index in [0.717, 1.165) is 11.0 Å². The first-order chi connectivity index (χ1) is 10.1. The van der Waals surface area contributed by atoms with Gasteiger partial charge in [0.2, 0.25) is 5.95 Å². The molecule has 6 heteroatoms. The number of nitrogens with zero attached hydrogens (tertiary/aromatic N) is 2. The van der Waals surface area contributed by atoms with Gasteiger partial charge in [-0.15, -0.1) is 0 Å². The molecule has 0 spiro atoms. The molecule has 0 saturated carbocycles. The van der Waals surface area contributed by atoms with E-state index in [1.165, 1.54) is 6.07 Å². The van der Waals surface area contributed by atoms with Crippen molar-refractivity contribution >= 4 is 22.6 Å². The molecule has 3 aromatic rings. The molecule has 6 nitrogen and oxygen atoms in total. The number of H-pyrrole nitrogens is 1. The molecule has 0 fully saturated rings. The second-order valence-corrected chi connectivity index (χ2v) is 4.69. The third kappa shape index (κ3) is 2.84. The van der Waals surface area contributed by atoms with Crippen molar-refractivity contribution < 1.29 is 4.42 Å². The molecule has 1 aromatic carbocycles. The Kier molecular flexibility index (Phi) is 3.27. The van der Waals surface area contributed by atoms with Crippen LogP contribution in [0.5, 0.6) is 0 Å². The van der Waals surface area contributed by atoms with Gasteiger partial charge in [0.15, 0.2) is 5.76 Å². The average Bonchev–Trinajstić information content (AvgIpc) is 2.87. The van der Waals surface area contributed by atoms with Crippen LogP contribution in [-0.2, 0) is 0 Å². The van der Waals surface area contributed by atoms with Crippen molar-refractivity contribution in [1.82, 2.24) is 9.97 Å². The number of nitrogens with one attached hydrogen (secondary N) is 2. The van der Waals surface area contributed by atoms with Gasteiger partial charge in [0.1, 0.15) is 11.3 Å². The van der Waals surface area contributed by atoms with Gasteiger partial charge in [-0.3, -0.25) is 9.78 Å². The first kappa shape index (κ1) is 13.1. The zero-order valence-electron chi connectivity index (χ0n) is 11.7. The molecule has 0 bridgehead atoms. The van der Waals surface area contributed by atoms with Gasteiger partial charge in [0.25, 0.3) is 5.56 Å². The summed E-state index contributed by atoms with van der Waals surface area (Å²) >= 11 is 0. The molecule has 2 N–H and O–H groups in total. The molecule has 2 heterocycles. The van der Waals surface area contributed by atoms with Gasteiger partial charge in [0.05, 0.1) is 0 Å². The Labute approximate surface area is 120 Å². The van der Waals surface area contributed by atoms with Crippen LogP contribution in [0.1, 0.15) is 18.4 Å². The number of fused-ring (bicyclic) bond motifs is 1. The Morgan fingerprint density at radius 1 is 1.33 bits per heavy atom. The van der Waals surface area contributed by atoms with Crippen LogP contribution >= 0.6 is 0 Å². The molecule has 0 saturated heterocycles. The molecule has 0 amide bonds. The minimum atomic E-state index is -0.221. The Morgan fingerprint density at radius 3 is 2.90 bits per heavy atom. The van der Waals surface area contributed by atoms with E-state index in [9.17, 15) is 4.79 Å². The van der Waals surface area contributed by atoms with Crippen LogP contribution in [-0.4, -0.2) is 15.7 Å². The highest BCUT2D eigenvalue weighted by atomic mass is 16.3. The molecule has 106 valence electrons. The largest absolute Gasteiger partial charge is 0.455 e. The van der Waals surface area contributed by atoms with Crippen molar-refractivity contribution in [3.05, 3.63) is 58.2 Å². The van der Waals surface area contributed by atoms with Crippen molar-refractivity contribution in [3.8, 4) is 0 Å². The Bertz CT molecular complexity index is 844. The lowest BCUT2D eigenvalue weighted by atomic mass is 10.2. The Morgan fingerprint density at radius 2 is 2.14 bits per heavy atom. The highest BCUT2D eigenvalue weighted by Gasteiger charge is 2.06. The Balaban J connectivity index is 1.86. The number of rotatable bonds is 3. The van der Waals surface area contributed by atoms with E-state index >= 15 is 0 Å². The molecular formula is C15H14N4O2. The van der Waals surface area contributed by atoms with E-state index in [1.54, 1.807) is 6.92 Å². The highest BCUT2D eigenvalue weighted by molar-refractivity contribution is 5.99. The van der Waals surface area contributed by atoms with E-state index in [4.69, 9.17) is 4.42 Å². The van der Waals surface area contributed by atoms with Crippen LogP contribution < -0.4 is 11.0 Å². The van der Waals surface area contributed by atoms with Gasteiger partial charge in [-0.2, -0.15) is 5.10 Å². The van der Waals surface area contributed by atoms with Crippen LogP contribution in [0, 0.1) is 6.92 Å². The van der Waals surface area contributed by atoms with Crippen molar-refractivity contribution in [2.45, 2.75) is 13.8 Å². The third-order valence-electron chi connectivity index (χ3n) is 2.98. The fourth-order valence-corrected chi connectivity index (χ4v) is 1.98. The van der Waals surface area contributed by atoms with E-state index in [-0.39, 0.29) is 5.56 Å². The molecule has 2 aromatic heterocycles. The average molecular weight is 282 g/mol. The number of hydrogen-bond acceptors (Lipinski definition) is 5. The zero-order valence-corrected chi connectivity index (χ0v) is 11.7. The SMILES string of the molecule is CC(=NNc1nc(C)cc(=O)[nH]1)c1cc2ccccc2o1. The minimum Gasteiger partial charge on any atom is -0.455 e. The predicted octanol–water partition coefficient (Wildman–Crippen LogP) is 2.66. The quantitative estimate of drug-likeness (QED) is 0.571. The smallest absolute Gasteiger partial charge is 0.252 e. The summed E-state index contributed by atoms with van der Waals surface area (Å²) in [4.78, 5) is 18.0. The number of furan rings is 1. The van der Waals surface area contributed by atoms with Gasteiger partial charge in [-0.1, -0.05) is 18.2 Å². The number of anilines is 1. The van der Waals surface area contributed by atoms with Crippen LogP contribution in [0.4, 0.5) is 5.95 Å². The van der Waals surface area contributed by atoms with Crippen LogP contribution in [0.25, 0.3) is 11.0 Å². The van der Waals surface area contributed by atoms with Gasteiger partial charge in [0, 0.05) is 17.1 Å². The second-order valence-electron chi connectivity index (χ2n) is 4.69. The van der Waals surface area contributed by atoms with E-state index in [1.807, 2.05) is 37.3 Å². The monoisotopic (exact) mass is 282 g/mol. The standard InChI is InChI=1S/C15H14N4O2/c1-9-7-14(20)17-15(16-9)19-18-10(2)13-8-11-5-3-4-6-12(11)21-13/h3-8H,1-2H3,(H2,16,17,19,20). The van der Waals surface area contributed by atoms with E-state index < -0.39 is 0 Å². The first-order valence-corrected chi connectivity index (χ1v) is 6.49. The highest BCUT2D eigenvalue weighted by Crippen LogP contribution is 2.19. The lowest BCUT2D eigenvalue weighted by molar-refractivity contribution is 0.604. The summed E-state index contributed by atoms with van der Waals surface area (Å²) in [5.74, 6) is 0.967. The summed E-state index contributed by atoms with van der Waals surface area (Å²) in [5.41, 5.74) is 4.60. The van der Waals surface area contributed by atoms with Crippen LogP contribution in [0.3, 0.4) is 0 Å². The molecule has 0 aliphatic heterocycles. The first-order valence-electron chi connectivity index (χ1n) is 6.49. The summed E-state index contributed by atoms with van der Waals surface area (Å²) in [6, 6.07) is 11.1. The predicted molar refractivity (Wildman–Crippen MR) is 81.6 cm³/mol. The number of hydrogen-bond donors (Lipinski definition) is 2. The summed E-state index contributed by atoms with van der Waals surface area (Å²) in [7, 11) is 0. The normalized spacial score (nSPS) is 11.8. The molecule has 0 aliphatic rings. The lowest BCUT2D eigenvalue weighted by Crippen LogP contribution is -2.11. The maximum Gasteiger partial charge on any atom is 0.252 e. The topological polar surface area (TPSA) is 83.3 Å². The van der Waals surface area contributed by atoms with Gasteiger partial charge in [-0.05, 0) is 26.0 Å². The number of hydrazone groups is 1. The zero-order chi connectivity index (χ0) is 14.8. The van der Waals surface area contributed by atoms with Crippen molar-refractivity contribution in [2.24, 2.45) is 5.10 Å². The molecular weight excluding hydrogens is 268 g/mol. The molecule has 0 unspecified atom stereocenters. The van der Waals surface area contributed by atoms with Gasteiger partial charge in [-0.25, -0.2) is 10.4 Å². The van der Waals surface area contributed by atoms with Crippen molar-refractivity contribution in [3.63, 3.8) is 0 Å². The molecule has 0 aliphatic carbocycles.